The molecule has 0 unspecified atom stereocenters. The second-order valence-electron chi connectivity index (χ2n) is 5.55. The number of hydrogen-bond acceptors (Lipinski definition) is 5. The number of anilines is 1. The Kier molecular flexibility index (Phi) is 3.94. The highest BCUT2D eigenvalue weighted by atomic mass is 32.1. The fraction of sp³-hybridized carbons (Fsp3) is 0. The molecule has 2 aromatic heterocycles. The summed E-state index contributed by atoms with van der Waals surface area (Å²) in [4.78, 5) is 30.3. The number of H-pyrrole nitrogens is 1. The number of aromatic amines is 1. The van der Waals surface area contributed by atoms with Crippen molar-refractivity contribution in [2.24, 2.45) is 0 Å². The molecule has 128 valence electrons. The van der Waals surface area contributed by atoms with Gasteiger partial charge in [-0.1, -0.05) is 24.3 Å². The molecule has 0 radical (unpaired) electrons. The highest BCUT2D eigenvalue weighted by Crippen LogP contribution is 2.31. The lowest BCUT2D eigenvalue weighted by molar-refractivity contribution is -0.384. The number of amides is 1. The Morgan fingerprint density at radius 1 is 1.19 bits per heavy atom. The van der Waals surface area contributed by atoms with Crippen LogP contribution in [0.1, 0.15) is 10.4 Å². The van der Waals surface area contributed by atoms with Crippen molar-refractivity contribution in [3.63, 3.8) is 0 Å². The van der Waals surface area contributed by atoms with Gasteiger partial charge in [0.25, 0.3) is 11.6 Å². The third-order valence-electron chi connectivity index (χ3n) is 3.91. The summed E-state index contributed by atoms with van der Waals surface area (Å²) in [6, 6.07) is 13.5. The van der Waals surface area contributed by atoms with Gasteiger partial charge in [-0.2, -0.15) is 0 Å². The van der Waals surface area contributed by atoms with Crippen LogP contribution in [-0.2, 0) is 0 Å². The Balaban J connectivity index is 1.58. The lowest BCUT2D eigenvalue weighted by atomic mass is 10.1. The van der Waals surface area contributed by atoms with E-state index in [4.69, 9.17) is 0 Å². The number of rotatable bonds is 4. The number of fused-ring (bicyclic) bond motifs is 1. The van der Waals surface area contributed by atoms with E-state index < -0.39 is 10.8 Å². The van der Waals surface area contributed by atoms with Crippen molar-refractivity contribution in [1.29, 1.82) is 0 Å². The molecule has 2 aromatic carbocycles. The molecule has 0 aliphatic carbocycles. The van der Waals surface area contributed by atoms with Crippen molar-refractivity contribution >= 4 is 39.0 Å². The summed E-state index contributed by atoms with van der Waals surface area (Å²) in [5, 5.41) is 16.9. The molecule has 2 heterocycles. The van der Waals surface area contributed by atoms with Gasteiger partial charge < -0.3 is 4.98 Å². The number of nitro groups is 1. The van der Waals surface area contributed by atoms with Crippen LogP contribution in [0.2, 0.25) is 0 Å². The van der Waals surface area contributed by atoms with Gasteiger partial charge in [0.2, 0.25) is 0 Å². The van der Waals surface area contributed by atoms with Crippen molar-refractivity contribution < 1.29 is 9.72 Å². The van der Waals surface area contributed by atoms with E-state index in [-0.39, 0.29) is 11.3 Å². The number of thiazole rings is 1. The third-order valence-corrected chi connectivity index (χ3v) is 4.67. The molecule has 2 N–H and O–H groups in total. The van der Waals surface area contributed by atoms with Gasteiger partial charge in [-0.15, -0.1) is 11.3 Å². The van der Waals surface area contributed by atoms with Gasteiger partial charge in [-0.25, -0.2) is 4.98 Å². The van der Waals surface area contributed by atoms with Crippen LogP contribution < -0.4 is 5.32 Å². The summed E-state index contributed by atoms with van der Waals surface area (Å²) in [7, 11) is 0. The van der Waals surface area contributed by atoms with E-state index in [1.54, 1.807) is 0 Å². The van der Waals surface area contributed by atoms with Gasteiger partial charge in [0.15, 0.2) is 5.13 Å². The Hall–Kier alpha value is -3.52. The molecule has 1 amide bonds. The molecule has 0 aliphatic heterocycles. The van der Waals surface area contributed by atoms with E-state index in [1.165, 1.54) is 35.6 Å². The quantitative estimate of drug-likeness (QED) is 0.412. The summed E-state index contributed by atoms with van der Waals surface area (Å²) in [5.74, 6) is -0.437. The minimum absolute atomic E-state index is 0.128. The van der Waals surface area contributed by atoms with Crippen LogP contribution in [0.25, 0.3) is 22.2 Å². The average Bonchev–Trinajstić information content (AvgIpc) is 3.28. The smallest absolute Gasteiger partial charge is 0.270 e. The summed E-state index contributed by atoms with van der Waals surface area (Å²) in [5.41, 5.74) is 2.80. The van der Waals surface area contributed by atoms with Gasteiger partial charge >= 0.3 is 0 Å². The maximum atomic E-state index is 12.3. The van der Waals surface area contributed by atoms with Gasteiger partial charge in [0, 0.05) is 45.7 Å². The van der Waals surface area contributed by atoms with Crippen LogP contribution in [-0.4, -0.2) is 20.8 Å². The summed E-state index contributed by atoms with van der Waals surface area (Å²) in [6.07, 6.45) is 1.88. The normalized spacial score (nSPS) is 10.8. The van der Waals surface area contributed by atoms with E-state index >= 15 is 0 Å². The Morgan fingerprint density at radius 3 is 2.88 bits per heavy atom. The number of nitrogens with zero attached hydrogens (tertiary/aromatic N) is 2. The molecule has 7 nitrogen and oxygen atoms in total. The van der Waals surface area contributed by atoms with E-state index in [1.807, 2.05) is 35.8 Å². The highest BCUT2D eigenvalue weighted by molar-refractivity contribution is 7.14. The first-order valence-electron chi connectivity index (χ1n) is 7.69. The fourth-order valence-corrected chi connectivity index (χ4v) is 3.37. The molecule has 0 saturated heterocycles. The molecule has 0 saturated carbocycles. The van der Waals surface area contributed by atoms with Crippen LogP contribution in [0, 0.1) is 10.1 Å². The number of hydrogen-bond donors (Lipinski definition) is 2. The number of carbonyl (C=O) groups excluding carboxylic acids is 1. The number of carbonyl (C=O) groups is 1. The SMILES string of the molecule is O=C(Nc1nc(-c2c[nH]c3ccccc23)cs1)c1cccc([N+](=O)[O-])c1. The lowest BCUT2D eigenvalue weighted by Crippen LogP contribution is -2.11. The summed E-state index contributed by atoms with van der Waals surface area (Å²) in [6.45, 7) is 0. The number of benzene rings is 2. The number of aromatic nitrogens is 2. The van der Waals surface area contributed by atoms with Gasteiger partial charge in [-0.3, -0.25) is 20.2 Å². The molecule has 8 heteroatoms. The maximum absolute atomic E-state index is 12.3. The molecule has 4 rings (SSSR count). The molecular formula is C18H12N4O3S. The van der Waals surface area contributed by atoms with Crippen molar-refractivity contribution in [3.8, 4) is 11.3 Å². The zero-order chi connectivity index (χ0) is 18.1. The number of non-ortho nitro benzene ring substituents is 1. The first kappa shape index (κ1) is 16.0. The molecule has 26 heavy (non-hydrogen) atoms. The maximum Gasteiger partial charge on any atom is 0.270 e. The first-order chi connectivity index (χ1) is 12.6. The van der Waals surface area contributed by atoms with Crippen molar-refractivity contribution in [2.75, 3.05) is 5.32 Å². The zero-order valence-electron chi connectivity index (χ0n) is 13.3. The Bertz CT molecular complexity index is 1130. The lowest BCUT2D eigenvalue weighted by Gasteiger charge is -2.01. The molecule has 0 aliphatic rings. The largest absolute Gasteiger partial charge is 0.360 e. The molecular weight excluding hydrogens is 352 g/mol. The third kappa shape index (κ3) is 2.93. The van der Waals surface area contributed by atoms with Crippen LogP contribution in [0.4, 0.5) is 10.8 Å². The summed E-state index contributed by atoms with van der Waals surface area (Å²) >= 11 is 1.30. The van der Waals surface area contributed by atoms with E-state index in [9.17, 15) is 14.9 Å². The molecule has 0 fully saturated rings. The van der Waals surface area contributed by atoms with Crippen molar-refractivity contribution in [2.45, 2.75) is 0 Å². The standard InChI is InChI=1S/C18H12N4O3S/c23-17(11-4-3-5-12(8-11)22(24)25)21-18-20-16(10-26-18)14-9-19-15-7-2-1-6-13(14)15/h1-10,19H,(H,20,21,23). The van der Waals surface area contributed by atoms with Crippen LogP contribution >= 0.6 is 11.3 Å². The first-order valence-corrected chi connectivity index (χ1v) is 8.57. The van der Waals surface area contributed by atoms with E-state index in [0.29, 0.717) is 5.13 Å². The van der Waals surface area contributed by atoms with E-state index in [2.05, 4.69) is 15.3 Å². The number of nitro benzene ring substituents is 1. The zero-order valence-corrected chi connectivity index (χ0v) is 14.1. The molecule has 0 bridgehead atoms. The van der Waals surface area contributed by atoms with Crippen molar-refractivity contribution in [3.05, 3.63) is 75.8 Å². The highest BCUT2D eigenvalue weighted by Gasteiger charge is 2.14. The van der Waals surface area contributed by atoms with Gasteiger partial charge in [-0.05, 0) is 12.1 Å². The van der Waals surface area contributed by atoms with E-state index in [0.717, 1.165) is 22.2 Å². The molecule has 0 spiro atoms. The second-order valence-corrected chi connectivity index (χ2v) is 6.41. The van der Waals surface area contributed by atoms with Gasteiger partial charge in [0.05, 0.1) is 10.6 Å². The Morgan fingerprint density at radius 2 is 2.04 bits per heavy atom. The topological polar surface area (TPSA) is 101 Å². The number of para-hydroxylation sites is 1. The van der Waals surface area contributed by atoms with Gasteiger partial charge in [0.1, 0.15) is 0 Å². The minimum atomic E-state index is -0.532. The fourth-order valence-electron chi connectivity index (χ4n) is 2.67. The molecule has 4 aromatic rings. The predicted octanol–water partition coefficient (Wildman–Crippen LogP) is 4.45. The monoisotopic (exact) mass is 364 g/mol. The van der Waals surface area contributed by atoms with Crippen LogP contribution in [0.5, 0.6) is 0 Å². The second kappa shape index (κ2) is 6.41. The Labute approximate surface area is 151 Å². The van der Waals surface area contributed by atoms with Crippen LogP contribution in [0.3, 0.4) is 0 Å². The number of nitrogens with one attached hydrogen (secondary N) is 2. The average molecular weight is 364 g/mol. The van der Waals surface area contributed by atoms with Crippen LogP contribution in [0.15, 0.2) is 60.1 Å². The summed E-state index contributed by atoms with van der Waals surface area (Å²) < 4.78 is 0. The minimum Gasteiger partial charge on any atom is -0.360 e. The van der Waals surface area contributed by atoms with Crippen molar-refractivity contribution in [1.82, 2.24) is 9.97 Å². The predicted molar refractivity (Wildman–Crippen MR) is 100 cm³/mol. The molecule has 0 atom stereocenters.